The van der Waals surface area contributed by atoms with Crippen molar-refractivity contribution in [3.05, 3.63) is 53.6 Å². The number of carbonyl (C=O) groups excluding carboxylic acids is 1. The van der Waals surface area contributed by atoms with Gasteiger partial charge < -0.3 is 19.7 Å². The summed E-state index contributed by atoms with van der Waals surface area (Å²) in [5.74, 6) is 1.12. The number of fused-ring (bicyclic) bond motifs is 2. The van der Waals surface area contributed by atoms with Crippen LogP contribution in [0.3, 0.4) is 0 Å². The highest BCUT2D eigenvalue weighted by Crippen LogP contribution is 2.39. The molecular weight excluding hydrogens is 386 g/mol. The SMILES string of the molecule is C=C1c2ccccc2N=C(SCC(=O)Nc2cc3c(cc2Cl)OCO3)N1C. The zero-order chi connectivity index (χ0) is 19.0. The van der Waals surface area contributed by atoms with Gasteiger partial charge in [-0.25, -0.2) is 4.99 Å². The van der Waals surface area contributed by atoms with E-state index in [2.05, 4.69) is 16.9 Å². The van der Waals surface area contributed by atoms with Gasteiger partial charge in [-0.2, -0.15) is 0 Å². The van der Waals surface area contributed by atoms with Gasteiger partial charge in [0.1, 0.15) is 0 Å². The number of amidine groups is 1. The number of anilines is 1. The maximum atomic E-state index is 12.4. The summed E-state index contributed by atoms with van der Waals surface area (Å²) in [5, 5.41) is 3.91. The summed E-state index contributed by atoms with van der Waals surface area (Å²) in [4.78, 5) is 18.9. The number of rotatable bonds is 3. The quantitative estimate of drug-likeness (QED) is 0.828. The number of nitrogens with zero attached hydrogens (tertiary/aromatic N) is 2. The topological polar surface area (TPSA) is 63.2 Å². The third-order valence-electron chi connectivity index (χ3n) is 4.19. The van der Waals surface area contributed by atoms with Gasteiger partial charge in [0.25, 0.3) is 0 Å². The number of halogens is 1. The lowest BCUT2D eigenvalue weighted by molar-refractivity contribution is -0.113. The van der Waals surface area contributed by atoms with E-state index in [-0.39, 0.29) is 18.5 Å². The van der Waals surface area contributed by atoms with Gasteiger partial charge in [0.05, 0.1) is 22.2 Å². The normalized spacial score (nSPS) is 14.7. The maximum absolute atomic E-state index is 12.4. The molecule has 0 aromatic heterocycles. The molecule has 8 heteroatoms. The Labute approximate surface area is 165 Å². The zero-order valence-electron chi connectivity index (χ0n) is 14.5. The lowest BCUT2D eigenvalue weighted by Crippen LogP contribution is -2.26. The lowest BCUT2D eigenvalue weighted by Gasteiger charge is -2.28. The Balaban J connectivity index is 1.44. The van der Waals surface area contributed by atoms with Crippen LogP contribution in [0.25, 0.3) is 5.70 Å². The number of benzene rings is 2. The fraction of sp³-hybridized carbons (Fsp3) is 0.158. The number of ether oxygens (including phenoxy) is 2. The molecule has 0 saturated heterocycles. The summed E-state index contributed by atoms with van der Waals surface area (Å²) in [6.07, 6.45) is 0. The van der Waals surface area contributed by atoms with E-state index >= 15 is 0 Å². The fourth-order valence-corrected chi connectivity index (χ4v) is 3.75. The van der Waals surface area contributed by atoms with E-state index < -0.39 is 0 Å². The monoisotopic (exact) mass is 401 g/mol. The Kier molecular flexibility index (Phi) is 4.72. The van der Waals surface area contributed by atoms with E-state index in [1.165, 1.54) is 11.8 Å². The van der Waals surface area contributed by atoms with Crippen LogP contribution < -0.4 is 14.8 Å². The van der Waals surface area contributed by atoms with Crippen LogP contribution in [0.2, 0.25) is 5.02 Å². The summed E-state index contributed by atoms with van der Waals surface area (Å²) < 4.78 is 10.6. The molecule has 1 N–H and O–H groups in total. The highest BCUT2D eigenvalue weighted by Gasteiger charge is 2.22. The minimum atomic E-state index is -0.193. The van der Waals surface area contributed by atoms with Crippen LogP contribution in [-0.4, -0.2) is 35.6 Å². The number of nitrogens with one attached hydrogen (secondary N) is 1. The fourth-order valence-electron chi connectivity index (χ4n) is 2.75. The van der Waals surface area contributed by atoms with Crippen LogP contribution in [-0.2, 0) is 4.79 Å². The Morgan fingerprint density at radius 1 is 1.33 bits per heavy atom. The highest BCUT2D eigenvalue weighted by molar-refractivity contribution is 8.14. The van der Waals surface area contributed by atoms with E-state index in [1.54, 1.807) is 12.1 Å². The van der Waals surface area contributed by atoms with Crippen LogP contribution >= 0.6 is 23.4 Å². The van der Waals surface area contributed by atoms with Crippen molar-refractivity contribution < 1.29 is 14.3 Å². The van der Waals surface area contributed by atoms with Crippen molar-refractivity contribution in [2.24, 2.45) is 4.99 Å². The van der Waals surface area contributed by atoms with Gasteiger partial charge in [-0.1, -0.05) is 48.1 Å². The maximum Gasteiger partial charge on any atom is 0.234 e. The minimum Gasteiger partial charge on any atom is -0.454 e. The third kappa shape index (κ3) is 3.48. The number of carbonyl (C=O) groups is 1. The first kappa shape index (κ1) is 17.8. The molecule has 0 aliphatic carbocycles. The first-order valence-corrected chi connectivity index (χ1v) is 9.52. The minimum absolute atomic E-state index is 0.149. The van der Waals surface area contributed by atoms with Gasteiger partial charge in [0, 0.05) is 30.4 Å². The van der Waals surface area contributed by atoms with Gasteiger partial charge in [0.2, 0.25) is 12.7 Å². The summed E-state index contributed by atoms with van der Waals surface area (Å²) >= 11 is 7.53. The van der Waals surface area contributed by atoms with Gasteiger partial charge in [0.15, 0.2) is 16.7 Å². The number of para-hydroxylation sites is 1. The van der Waals surface area contributed by atoms with Crippen molar-refractivity contribution in [2.75, 3.05) is 24.9 Å². The smallest absolute Gasteiger partial charge is 0.234 e. The summed E-state index contributed by atoms with van der Waals surface area (Å²) in [5.41, 5.74) is 3.17. The van der Waals surface area contributed by atoms with Gasteiger partial charge >= 0.3 is 0 Å². The molecule has 2 heterocycles. The first-order valence-electron chi connectivity index (χ1n) is 8.15. The predicted molar refractivity (Wildman–Crippen MR) is 109 cm³/mol. The number of amides is 1. The molecular formula is C19H16ClN3O3S. The molecule has 0 fully saturated rings. The van der Waals surface area contributed by atoms with Crippen molar-refractivity contribution in [1.29, 1.82) is 0 Å². The zero-order valence-corrected chi connectivity index (χ0v) is 16.1. The van der Waals surface area contributed by atoms with Crippen molar-refractivity contribution in [3.8, 4) is 11.5 Å². The Bertz CT molecular complexity index is 977. The lowest BCUT2D eigenvalue weighted by atomic mass is 10.1. The number of hydrogen-bond donors (Lipinski definition) is 1. The highest BCUT2D eigenvalue weighted by atomic mass is 35.5. The van der Waals surface area contributed by atoms with E-state index in [0.29, 0.717) is 27.4 Å². The Morgan fingerprint density at radius 2 is 2.07 bits per heavy atom. The summed E-state index contributed by atoms with van der Waals surface area (Å²) in [7, 11) is 1.89. The Hall–Kier alpha value is -2.64. The molecule has 0 saturated carbocycles. The molecule has 0 unspecified atom stereocenters. The van der Waals surface area contributed by atoms with Crippen molar-refractivity contribution in [1.82, 2.24) is 4.90 Å². The van der Waals surface area contributed by atoms with Gasteiger partial charge in [-0.05, 0) is 6.07 Å². The average Bonchev–Trinajstić information content (AvgIpc) is 3.11. The number of aliphatic imine (C=N–C) groups is 1. The molecule has 2 aliphatic rings. The standard InChI is InChI=1S/C19H16ClN3O3S/c1-11-12-5-3-4-6-14(12)22-19(23(11)2)27-9-18(24)21-15-8-17-16(7-13(15)20)25-10-26-17/h3-8H,1,9-10H2,2H3,(H,21,24). The van der Waals surface area contributed by atoms with Crippen LogP contribution in [0, 0.1) is 0 Å². The van der Waals surface area contributed by atoms with E-state index in [9.17, 15) is 4.79 Å². The van der Waals surface area contributed by atoms with Crippen molar-refractivity contribution >= 4 is 51.5 Å². The first-order chi connectivity index (χ1) is 13.0. The van der Waals surface area contributed by atoms with Crippen LogP contribution in [0.4, 0.5) is 11.4 Å². The van der Waals surface area contributed by atoms with Crippen molar-refractivity contribution in [3.63, 3.8) is 0 Å². The molecule has 4 rings (SSSR count). The van der Waals surface area contributed by atoms with Gasteiger partial charge in [-0.15, -0.1) is 0 Å². The molecule has 27 heavy (non-hydrogen) atoms. The molecule has 138 valence electrons. The van der Waals surface area contributed by atoms with E-state index in [4.69, 9.17) is 21.1 Å². The second-order valence-electron chi connectivity index (χ2n) is 5.94. The van der Waals surface area contributed by atoms with Gasteiger partial charge in [-0.3, -0.25) is 4.79 Å². The summed E-state index contributed by atoms with van der Waals surface area (Å²) in [6, 6.07) is 11.1. The van der Waals surface area contributed by atoms with Crippen molar-refractivity contribution in [2.45, 2.75) is 0 Å². The number of hydrogen-bond acceptors (Lipinski definition) is 6. The van der Waals surface area contributed by atoms with Crippen LogP contribution in [0.1, 0.15) is 5.56 Å². The molecule has 0 bridgehead atoms. The molecule has 2 aromatic rings. The molecule has 2 aliphatic heterocycles. The predicted octanol–water partition coefficient (Wildman–Crippen LogP) is 4.34. The third-order valence-corrected chi connectivity index (χ3v) is 5.53. The molecule has 0 atom stereocenters. The Morgan fingerprint density at radius 3 is 2.89 bits per heavy atom. The molecule has 6 nitrogen and oxygen atoms in total. The number of thioether (sulfide) groups is 1. The average molecular weight is 402 g/mol. The molecule has 0 spiro atoms. The van der Waals surface area contributed by atoms with Crippen LogP contribution in [0.5, 0.6) is 11.5 Å². The molecule has 2 aromatic carbocycles. The summed E-state index contributed by atoms with van der Waals surface area (Å²) in [6.45, 7) is 4.26. The second kappa shape index (κ2) is 7.17. The second-order valence-corrected chi connectivity index (χ2v) is 7.29. The molecule has 1 amide bonds. The van der Waals surface area contributed by atoms with E-state index in [0.717, 1.165) is 16.9 Å². The largest absolute Gasteiger partial charge is 0.454 e. The van der Waals surface area contributed by atoms with Crippen LogP contribution in [0.15, 0.2) is 48.0 Å². The van der Waals surface area contributed by atoms with E-state index in [1.807, 2.05) is 36.2 Å². The molecule has 0 radical (unpaired) electrons.